The molecular weight excluding hydrogens is 128 g/mol. The molecule has 10 heavy (non-hydrogen) atoms. The van der Waals surface area contributed by atoms with E-state index in [-0.39, 0.29) is 12.0 Å². The van der Waals surface area contributed by atoms with E-state index in [1.54, 1.807) is 6.08 Å². The minimum Gasteiger partial charge on any atom is -0.389 e. The summed E-state index contributed by atoms with van der Waals surface area (Å²) >= 11 is 0. The first-order valence-corrected chi connectivity index (χ1v) is 3.68. The second-order valence-corrected chi connectivity index (χ2v) is 2.75. The molecule has 1 fully saturated rings. The Bertz CT molecular complexity index is 122. The van der Waals surface area contributed by atoms with E-state index in [0.717, 1.165) is 13.0 Å². The summed E-state index contributed by atoms with van der Waals surface area (Å²) in [7, 11) is 0. The average molecular weight is 142 g/mol. The van der Waals surface area contributed by atoms with Crippen LogP contribution in [0.5, 0.6) is 0 Å². The van der Waals surface area contributed by atoms with Crippen LogP contribution in [0, 0.1) is 5.92 Å². The standard InChI is InChI=1S/C8H14O2/c1-3-8(9)7-4-5-10-6(7)2/h3,6-9H,1,4-5H2,2H3. The number of hydrogen-bond acceptors (Lipinski definition) is 2. The largest absolute Gasteiger partial charge is 0.389 e. The molecule has 1 N–H and O–H groups in total. The van der Waals surface area contributed by atoms with Crippen molar-refractivity contribution in [2.75, 3.05) is 6.61 Å². The van der Waals surface area contributed by atoms with E-state index in [1.807, 2.05) is 6.92 Å². The van der Waals surface area contributed by atoms with Gasteiger partial charge in [0, 0.05) is 12.5 Å². The van der Waals surface area contributed by atoms with Crippen molar-refractivity contribution in [2.24, 2.45) is 5.92 Å². The molecule has 3 unspecified atom stereocenters. The molecule has 58 valence electrons. The molecule has 0 aliphatic carbocycles. The lowest BCUT2D eigenvalue weighted by Gasteiger charge is -2.16. The van der Waals surface area contributed by atoms with Gasteiger partial charge in [-0.2, -0.15) is 0 Å². The fraction of sp³-hybridized carbons (Fsp3) is 0.750. The Hall–Kier alpha value is -0.340. The van der Waals surface area contributed by atoms with Crippen molar-refractivity contribution in [3.63, 3.8) is 0 Å². The smallest absolute Gasteiger partial charge is 0.0771 e. The molecule has 1 heterocycles. The van der Waals surface area contributed by atoms with Crippen molar-refractivity contribution in [1.29, 1.82) is 0 Å². The summed E-state index contributed by atoms with van der Waals surface area (Å²) in [5.41, 5.74) is 0. The van der Waals surface area contributed by atoms with E-state index >= 15 is 0 Å². The van der Waals surface area contributed by atoms with Gasteiger partial charge in [-0.3, -0.25) is 0 Å². The molecule has 1 rings (SSSR count). The maximum Gasteiger partial charge on any atom is 0.0771 e. The van der Waals surface area contributed by atoms with Crippen molar-refractivity contribution in [3.05, 3.63) is 12.7 Å². The second-order valence-electron chi connectivity index (χ2n) is 2.75. The first-order chi connectivity index (χ1) is 4.75. The van der Waals surface area contributed by atoms with Gasteiger partial charge >= 0.3 is 0 Å². The van der Waals surface area contributed by atoms with Crippen molar-refractivity contribution in [1.82, 2.24) is 0 Å². The van der Waals surface area contributed by atoms with Gasteiger partial charge in [-0.1, -0.05) is 6.08 Å². The number of rotatable bonds is 2. The van der Waals surface area contributed by atoms with Crippen LogP contribution in [-0.4, -0.2) is 23.9 Å². The van der Waals surface area contributed by atoms with Gasteiger partial charge in [0.25, 0.3) is 0 Å². The number of aliphatic hydroxyl groups is 1. The molecule has 0 radical (unpaired) electrons. The van der Waals surface area contributed by atoms with E-state index in [4.69, 9.17) is 4.74 Å². The van der Waals surface area contributed by atoms with Crippen molar-refractivity contribution >= 4 is 0 Å². The molecular formula is C8H14O2. The first-order valence-electron chi connectivity index (χ1n) is 3.68. The van der Waals surface area contributed by atoms with Crippen LogP contribution in [0.2, 0.25) is 0 Å². The summed E-state index contributed by atoms with van der Waals surface area (Å²) < 4.78 is 5.28. The highest BCUT2D eigenvalue weighted by Gasteiger charge is 2.28. The summed E-state index contributed by atoms with van der Waals surface area (Å²) in [6.45, 7) is 6.30. The van der Waals surface area contributed by atoms with Crippen molar-refractivity contribution < 1.29 is 9.84 Å². The highest BCUT2D eigenvalue weighted by Crippen LogP contribution is 2.23. The lowest BCUT2D eigenvalue weighted by Crippen LogP contribution is -2.23. The Balaban J connectivity index is 2.46. The number of ether oxygens (including phenoxy) is 1. The fourth-order valence-corrected chi connectivity index (χ4v) is 1.37. The minimum atomic E-state index is -0.391. The van der Waals surface area contributed by atoms with Crippen LogP contribution >= 0.6 is 0 Å². The van der Waals surface area contributed by atoms with Crippen LogP contribution in [0.1, 0.15) is 13.3 Å². The molecule has 0 spiro atoms. The van der Waals surface area contributed by atoms with Crippen molar-refractivity contribution in [2.45, 2.75) is 25.6 Å². The van der Waals surface area contributed by atoms with Gasteiger partial charge in [-0.15, -0.1) is 6.58 Å². The minimum absolute atomic E-state index is 0.188. The molecule has 1 aliphatic rings. The maximum atomic E-state index is 9.33. The molecule has 0 aromatic carbocycles. The highest BCUT2D eigenvalue weighted by molar-refractivity contribution is 4.89. The van der Waals surface area contributed by atoms with Crippen LogP contribution in [0.25, 0.3) is 0 Å². The zero-order chi connectivity index (χ0) is 7.56. The molecule has 3 atom stereocenters. The molecule has 2 heteroatoms. The first kappa shape index (κ1) is 7.76. The van der Waals surface area contributed by atoms with E-state index in [1.165, 1.54) is 0 Å². The molecule has 1 saturated heterocycles. The van der Waals surface area contributed by atoms with Gasteiger partial charge in [-0.05, 0) is 13.3 Å². The molecule has 0 aromatic rings. The third-order valence-electron chi connectivity index (χ3n) is 2.12. The van der Waals surface area contributed by atoms with E-state index < -0.39 is 6.10 Å². The highest BCUT2D eigenvalue weighted by atomic mass is 16.5. The molecule has 0 saturated carbocycles. The zero-order valence-electron chi connectivity index (χ0n) is 6.29. The molecule has 2 nitrogen and oxygen atoms in total. The van der Waals surface area contributed by atoms with Gasteiger partial charge in [-0.25, -0.2) is 0 Å². The summed E-state index contributed by atoms with van der Waals surface area (Å²) in [5.74, 6) is 0.262. The summed E-state index contributed by atoms with van der Waals surface area (Å²) in [4.78, 5) is 0. The van der Waals surface area contributed by atoms with Gasteiger partial charge in [0.1, 0.15) is 0 Å². The lowest BCUT2D eigenvalue weighted by molar-refractivity contribution is 0.0641. The molecule has 0 bridgehead atoms. The third-order valence-corrected chi connectivity index (χ3v) is 2.12. The third kappa shape index (κ3) is 1.39. The molecule has 0 aromatic heterocycles. The van der Waals surface area contributed by atoms with Crippen LogP contribution in [0.4, 0.5) is 0 Å². The second kappa shape index (κ2) is 3.17. The Morgan fingerprint density at radius 3 is 2.90 bits per heavy atom. The van der Waals surface area contributed by atoms with Crippen LogP contribution < -0.4 is 0 Å². The zero-order valence-corrected chi connectivity index (χ0v) is 6.29. The van der Waals surface area contributed by atoms with Gasteiger partial charge in [0.15, 0.2) is 0 Å². The van der Waals surface area contributed by atoms with Crippen molar-refractivity contribution in [3.8, 4) is 0 Å². The fourth-order valence-electron chi connectivity index (χ4n) is 1.37. The quantitative estimate of drug-likeness (QED) is 0.582. The summed E-state index contributed by atoms with van der Waals surface area (Å²) in [5, 5.41) is 9.33. The number of hydrogen-bond donors (Lipinski definition) is 1. The summed E-state index contributed by atoms with van der Waals surface area (Å²) in [6, 6.07) is 0. The maximum absolute atomic E-state index is 9.33. The predicted octanol–water partition coefficient (Wildman–Crippen LogP) is 0.958. The topological polar surface area (TPSA) is 29.5 Å². The average Bonchev–Trinajstić information content (AvgIpc) is 2.34. The predicted molar refractivity (Wildman–Crippen MR) is 39.7 cm³/mol. The van der Waals surface area contributed by atoms with Gasteiger partial charge < -0.3 is 9.84 Å². The van der Waals surface area contributed by atoms with Crippen LogP contribution in [0.15, 0.2) is 12.7 Å². The lowest BCUT2D eigenvalue weighted by atomic mass is 9.96. The number of aliphatic hydroxyl groups excluding tert-OH is 1. The van der Waals surface area contributed by atoms with E-state index in [2.05, 4.69) is 6.58 Å². The summed E-state index contributed by atoms with van der Waals surface area (Å²) in [6.07, 6.45) is 2.33. The Morgan fingerprint density at radius 2 is 2.50 bits per heavy atom. The van der Waals surface area contributed by atoms with Crippen LogP contribution in [-0.2, 0) is 4.74 Å². The molecule has 0 amide bonds. The normalized spacial score (nSPS) is 35.8. The van der Waals surface area contributed by atoms with E-state index in [9.17, 15) is 5.11 Å². The van der Waals surface area contributed by atoms with Crippen LogP contribution in [0.3, 0.4) is 0 Å². The van der Waals surface area contributed by atoms with E-state index in [0.29, 0.717) is 0 Å². The molecule has 1 aliphatic heterocycles. The SMILES string of the molecule is C=CC(O)C1CCOC1C. The monoisotopic (exact) mass is 142 g/mol. The Morgan fingerprint density at radius 1 is 1.80 bits per heavy atom. The van der Waals surface area contributed by atoms with Gasteiger partial charge in [0.2, 0.25) is 0 Å². The van der Waals surface area contributed by atoms with Gasteiger partial charge in [0.05, 0.1) is 12.2 Å². The Labute approximate surface area is 61.5 Å². The Kier molecular flexibility index (Phi) is 2.46.